The molecular formula is C7H11N3O2. The second-order valence-electron chi connectivity index (χ2n) is 2.21. The van der Waals surface area contributed by atoms with Crippen LogP contribution in [0, 0.1) is 11.3 Å². The number of amides is 2. The minimum absolute atomic E-state index is 0.114. The molecule has 0 fully saturated rings. The van der Waals surface area contributed by atoms with Crippen molar-refractivity contribution in [3.05, 3.63) is 0 Å². The van der Waals surface area contributed by atoms with Gasteiger partial charge in [-0.05, 0) is 6.92 Å². The first kappa shape index (κ1) is 10.4. The van der Waals surface area contributed by atoms with Gasteiger partial charge in [0.2, 0.25) is 11.8 Å². The van der Waals surface area contributed by atoms with Crippen molar-refractivity contribution in [2.75, 3.05) is 13.1 Å². The largest absolute Gasteiger partial charge is 0.368 e. The fourth-order valence-corrected chi connectivity index (χ4v) is 0.744. The summed E-state index contributed by atoms with van der Waals surface area (Å²) >= 11 is 0. The Morgan fingerprint density at radius 1 is 1.58 bits per heavy atom. The number of rotatable bonds is 4. The molecule has 0 saturated heterocycles. The first-order valence-corrected chi connectivity index (χ1v) is 3.54. The van der Waals surface area contributed by atoms with Crippen molar-refractivity contribution in [2.24, 2.45) is 5.73 Å². The van der Waals surface area contributed by atoms with Crippen LogP contribution in [0.25, 0.3) is 0 Å². The molecule has 0 aliphatic heterocycles. The summed E-state index contributed by atoms with van der Waals surface area (Å²) in [6, 6.07) is 1.71. The summed E-state index contributed by atoms with van der Waals surface area (Å²) in [6.07, 6.45) is -0.207. The van der Waals surface area contributed by atoms with E-state index in [1.807, 2.05) is 0 Å². The Bertz CT molecular complexity index is 219. The number of nitriles is 1. The number of nitrogens with zero attached hydrogens (tertiary/aromatic N) is 2. The molecule has 0 saturated carbocycles. The van der Waals surface area contributed by atoms with Crippen LogP contribution in [0.1, 0.15) is 13.3 Å². The summed E-state index contributed by atoms with van der Waals surface area (Å²) in [5, 5.41) is 8.20. The van der Waals surface area contributed by atoms with Crippen LogP contribution in [-0.2, 0) is 9.59 Å². The van der Waals surface area contributed by atoms with Crippen molar-refractivity contribution in [1.82, 2.24) is 4.90 Å². The summed E-state index contributed by atoms with van der Waals surface area (Å²) in [6.45, 7) is 2.00. The monoisotopic (exact) mass is 169 g/mol. The van der Waals surface area contributed by atoms with Gasteiger partial charge >= 0.3 is 0 Å². The van der Waals surface area contributed by atoms with Gasteiger partial charge in [-0.3, -0.25) is 9.59 Å². The predicted molar refractivity (Wildman–Crippen MR) is 41.7 cm³/mol. The second-order valence-corrected chi connectivity index (χ2v) is 2.21. The summed E-state index contributed by atoms with van der Waals surface area (Å²) in [5.41, 5.74) is 4.89. The lowest BCUT2D eigenvalue weighted by atomic mass is 10.3. The van der Waals surface area contributed by atoms with Crippen molar-refractivity contribution in [3.63, 3.8) is 0 Å². The van der Waals surface area contributed by atoms with E-state index in [-0.39, 0.29) is 18.9 Å². The number of hydrogen-bond donors (Lipinski definition) is 1. The second kappa shape index (κ2) is 5.13. The number of hydrogen-bond acceptors (Lipinski definition) is 3. The van der Waals surface area contributed by atoms with Crippen molar-refractivity contribution >= 4 is 11.8 Å². The molecule has 0 aliphatic carbocycles. The zero-order valence-electron chi connectivity index (χ0n) is 6.91. The van der Waals surface area contributed by atoms with Crippen LogP contribution in [0.15, 0.2) is 0 Å². The maximum Gasteiger partial charge on any atom is 0.237 e. The molecule has 0 aromatic rings. The Morgan fingerprint density at radius 2 is 2.17 bits per heavy atom. The Balaban J connectivity index is 4.07. The average Bonchev–Trinajstić information content (AvgIpc) is 2.00. The smallest absolute Gasteiger partial charge is 0.237 e. The standard InChI is InChI=1S/C7H11N3O2/c1-2-10(5-6(9)11)7(12)3-4-8/h2-3,5H2,1H3,(H2,9,11). The molecule has 0 unspecified atom stereocenters. The van der Waals surface area contributed by atoms with Gasteiger partial charge in [-0.2, -0.15) is 5.26 Å². The third-order valence-electron chi connectivity index (χ3n) is 1.31. The van der Waals surface area contributed by atoms with Gasteiger partial charge in [0.25, 0.3) is 0 Å². The van der Waals surface area contributed by atoms with E-state index in [0.29, 0.717) is 6.54 Å². The molecule has 0 aromatic carbocycles. The molecule has 0 bridgehead atoms. The van der Waals surface area contributed by atoms with Gasteiger partial charge in [-0.25, -0.2) is 0 Å². The molecule has 0 heterocycles. The van der Waals surface area contributed by atoms with Gasteiger partial charge in [-0.15, -0.1) is 0 Å². The Kier molecular flexibility index (Phi) is 4.46. The molecule has 0 rings (SSSR count). The molecule has 5 heteroatoms. The summed E-state index contributed by atoms with van der Waals surface area (Å²) in [5.74, 6) is -0.929. The van der Waals surface area contributed by atoms with E-state index < -0.39 is 5.91 Å². The highest BCUT2D eigenvalue weighted by molar-refractivity contribution is 5.84. The van der Waals surface area contributed by atoms with Gasteiger partial charge in [0.05, 0.1) is 12.6 Å². The fourth-order valence-electron chi connectivity index (χ4n) is 0.744. The summed E-state index contributed by atoms with van der Waals surface area (Å²) < 4.78 is 0. The maximum atomic E-state index is 11.0. The van der Waals surface area contributed by atoms with E-state index in [1.54, 1.807) is 13.0 Å². The van der Waals surface area contributed by atoms with Crippen molar-refractivity contribution in [1.29, 1.82) is 5.26 Å². The molecule has 0 aromatic heterocycles. The van der Waals surface area contributed by atoms with Crippen LogP contribution in [0.2, 0.25) is 0 Å². The number of nitrogens with two attached hydrogens (primary N) is 1. The van der Waals surface area contributed by atoms with Crippen LogP contribution in [0.3, 0.4) is 0 Å². The minimum Gasteiger partial charge on any atom is -0.368 e. The highest BCUT2D eigenvalue weighted by atomic mass is 16.2. The third-order valence-corrected chi connectivity index (χ3v) is 1.31. The van der Waals surface area contributed by atoms with Gasteiger partial charge in [0.15, 0.2) is 0 Å². The Labute approximate surface area is 70.7 Å². The van der Waals surface area contributed by atoms with Crippen molar-refractivity contribution < 1.29 is 9.59 Å². The Morgan fingerprint density at radius 3 is 2.50 bits per heavy atom. The van der Waals surface area contributed by atoms with Crippen LogP contribution >= 0.6 is 0 Å². The predicted octanol–water partition coefficient (Wildman–Crippen LogP) is -0.766. The molecule has 0 atom stereocenters. The molecule has 0 spiro atoms. The van der Waals surface area contributed by atoms with Crippen LogP contribution < -0.4 is 5.73 Å². The summed E-state index contributed by atoms with van der Waals surface area (Å²) in [4.78, 5) is 22.7. The normalized spacial score (nSPS) is 8.67. The van der Waals surface area contributed by atoms with E-state index >= 15 is 0 Å². The van der Waals surface area contributed by atoms with E-state index in [9.17, 15) is 9.59 Å². The van der Waals surface area contributed by atoms with E-state index in [1.165, 1.54) is 4.90 Å². The van der Waals surface area contributed by atoms with Gasteiger partial charge in [-0.1, -0.05) is 0 Å². The number of likely N-dealkylation sites (N-methyl/N-ethyl adjacent to an activating group) is 1. The minimum atomic E-state index is -0.567. The molecule has 0 radical (unpaired) electrons. The highest BCUT2D eigenvalue weighted by Crippen LogP contribution is 1.91. The summed E-state index contributed by atoms with van der Waals surface area (Å²) in [7, 11) is 0. The van der Waals surface area contributed by atoms with Crippen molar-refractivity contribution in [2.45, 2.75) is 13.3 Å². The molecule has 2 N–H and O–H groups in total. The first-order chi connectivity index (χ1) is 5.61. The van der Waals surface area contributed by atoms with Gasteiger partial charge in [0.1, 0.15) is 6.42 Å². The lowest BCUT2D eigenvalue weighted by Gasteiger charge is -2.16. The molecule has 0 aliphatic rings. The lowest BCUT2D eigenvalue weighted by Crippen LogP contribution is -2.37. The van der Waals surface area contributed by atoms with E-state index in [2.05, 4.69) is 0 Å². The maximum absolute atomic E-state index is 11.0. The topological polar surface area (TPSA) is 87.2 Å². The van der Waals surface area contributed by atoms with E-state index in [0.717, 1.165) is 0 Å². The lowest BCUT2D eigenvalue weighted by molar-refractivity contribution is -0.134. The average molecular weight is 169 g/mol. The van der Waals surface area contributed by atoms with Crippen molar-refractivity contribution in [3.8, 4) is 6.07 Å². The quantitative estimate of drug-likeness (QED) is 0.599. The number of carbonyl (C=O) groups is 2. The fraction of sp³-hybridized carbons (Fsp3) is 0.571. The molecular weight excluding hydrogens is 158 g/mol. The Hall–Kier alpha value is -1.57. The molecule has 66 valence electrons. The highest BCUT2D eigenvalue weighted by Gasteiger charge is 2.12. The zero-order chi connectivity index (χ0) is 9.56. The zero-order valence-corrected chi connectivity index (χ0v) is 6.91. The van der Waals surface area contributed by atoms with Crippen LogP contribution in [0.4, 0.5) is 0 Å². The number of carbonyl (C=O) groups excluding carboxylic acids is 2. The number of primary amides is 1. The third kappa shape index (κ3) is 3.56. The van der Waals surface area contributed by atoms with Gasteiger partial charge in [0, 0.05) is 6.54 Å². The van der Waals surface area contributed by atoms with Gasteiger partial charge < -0.3 is 10.6 Å². The first-order valence-electron chi connectivity index (χ1n) is 3.54. The molecule has 5 nitrogen and oxygen atoms in total. The van der Waals surface area contributed by atoms with Crippen LogP contribution in [-0.4, -0.2) is 29.8 Å². The molecule has 12 heavy (non-hydrogen) atoms. The van der Waals surface area contributed by atoms with Crippen LogP contribution in [0.5, 0.6) is 0 Å². The SMILES string of the molecule is CCN(CC(N)=O)C(=O)CC#N. The van der Waals surface area contributed by atoms with E-state index in [4.69, 9.17) is 11.0 Å². The molecule has 2 amide bonds.